The van der Waals surface area contributed by atoms with E-state index in [0.717, 1.165) is 11.3 Å². The summed E-state index contributed by atoms with van der Waals surface area (Å²) >= 11 is 0. The molecule has 0 aliphatic heterocycles. The maximum absolute atomic E-state index is 12.5. The van der Waals surface area contributed by atoms with E-state index in [0.29, 0.717) is 25.3 Å². The molecule has 0 spiro atoms. The quantitative estimate of drug-likeness (QED) is 0.774. The Kier molecular flexibility index (Phi) is 5.21. The predicted octanol–water partition coefficient (Wildman–Crippen LogP) is 2.78. The molecule has 0 heterocycles. The molecular weight excluding hydrogens is 264 g/mol. The van der Waals surface area contributed by atoms with Gasteiger partial charge in [-0.15, -0.1) is 0 Å². The van der Waals surface area contributed by atoms with Gasteiger partial charge in [-0.05, 0) is 43.4 Å². The number of carbonyl (C=O) groups is 1. The molecule has 0 bridgehead atoms. The maximum Gasteiger partial charge on any atom is 0.227 e. The van der Waals surface area contributed by atoms with Crippen molar-refractivity contribution in [2.75, 3.05) is 13.7 Å². The number of carbonyl (C=O) groups excluding carboxylic acids is 1. The molecule has 1 aliphatic carbocycles. The van der Waals surface area contributed by atoms with Crippen molar-refractivity contribution in [3.63, 3.8) is 0 Å². The second-order valence-electron chi connectivity index (χ2n) is 5.60. The van der Waals surface area contributed by atoms with Gasteiger partial charge in [0.05, 0.1) is 26.0 Å². The SMILES string of the molecule is COc1ccc(CC(=O)N(CCC#N)C(C)C2CC2)cc1. The number of benzene rings is 1. The average molecular weight is 286 g/mol. The lowest BCUT2D eigenvalue weighted by Gasteiger charge is -2.29. The molecule has 1 aliphatic rings. The summed E-state index contributed by atoms with van der Waals surface area (Å²) in [4.78, 5) is 14.4. The molecule has 4 heteroatoms. The molecule has 0 saturated heterocycles. The van der Waals surface area contributed by atoms with Crippen LogP contribution in [-0.4, -0.2) is 30.5 Å². The van der Waals surface area contributed by atoms with Crippen molar-refractivity contribution in [3.05, 3.63) is 29.8 Å². The first-order valence-corrected chi connectivity index (χ1v) is 7.45. The highest BCUT2D eigenvalue weighted by atomic mass is 16.5. The van der Waals surface area contributed by atoms with Gasteiger partial charge in [-0.1, -0.05) is 12.1 Å². The monoisotopic (exact) mass is 286 g/mol. The third-order valence-corrected chi connectivity index (χ3v) is 4.10. The van der Waals surface area contributed by atoms with Crippen molar-refractivity contribution in [2.45, 2.75) is 38.6 Å². The number of methoxy groups -OCH3 is 1. The lowest BCUT2D eigenvalue weighted by molar-refractivity contribution is -0.132. The van der Waals surface area contributed by atoms with Gasteiger partial charge >= 0.3 is 0 Å². The fraction of sp³-hybridized carbons (Fsp3) is 0.529. The van der Waals surface area contributed by atoms with Crippen LogP contribution in [0.1, 0.15) is 31.7 Å². The third-order valence-electron chi connectivity index (χ3n) is 4.10. The average Bonchev–Trinajstić information content (AvgIpc) is 3.33. The largest absolute Gasteiger partial charge is 0.497 e. The van der Waals surface area contributed by atoms with Crippen LogP contribution in [-0.2, 0) is 11.2 Å². The first-order valence-electron chi connectivity index (χ1n) is 7.45. The van der Waals surface area contributed by atoms with Crippen molar-refractivity contribution >= 4 is 5.91 Å². The minimum Gasteiger partial charge on any atom is -0.497 e. The van der Waals surface area contributed by atoms with E-state index >= 15 is 0 Å². The number of hydrogen-bond donors (Lipinski definition) is 0. The zero-order chi connectivity index (χ0) is 15.2. The fourth-order valence-corrected chi connectivity index (χ4v) is 2.58. The van der Waals surface area contributed by atoms with Crippen molar-refractivity contribution in [1.29, 1.82) is 5.26 Å². The van der Waals surface area contributed by atoms with Gasteiger partial charge in [-0.25, -0.2) is 0 Å². The van der Waals surface area contributed by atoms with Crippen LogP contribution < -0.4 is 4.74 Å². The Labute approximate surface area is 126 Å². The minimum atomic E-state index is 0.106. The molecule has 1 unspecified atom stereocenters. The zero-order valence-electron chi connectivity index (χ0n) is 12.7. The molecule has 0 aromatic heterocycles. The fourth-order valence-electron chi connectivity index (χ4n) is 2.58. The summed E-state index contributed by atoms with van der Waals surface area (Å²) in [5, 5.41) is 8.78. The Morgan fingerprint density at radius 2 is 2.10 bits per heavy atom. The van der Waals surface area contributed by atoms with Gasteiger partial charge in [0.15, 0.2) is 0 Å². The Morgan fingerprint density at radius 1 is 1.43 bits per heavy atom. The summed E-state index contributed by atoms with van der Waals surface area (Å²) < 4.78 is 5.12. The molecule has 1 aromatic rings. The van der Waals surface area contributed by atoms with Gasteiger partial charge in [0.1, 0.15) is 5.75 Å². The van der Waals surface area contributed by atoms with Gasteiger partial charge in [0.2, 0.25) is 5.91 Å². The predicted molar refractivity (Wildman–Crippen MR) is 80.8 cm³/mol. The standard InChI is InChI=1S/C17H22N2O2/c1-13(15-6-7-15)19(11-3-10-18)17(20)12-14-4-8-16(21-2)9-5-14/h4-5,8-9,13,15H,3,6-7,11-12H2,1-2H3. The summed E-state index contributed by atoms with van der Waals surface area (Å²) in [5.41, 5.74) is 0.978. The molecule has 1 fully saturated rings. The molecule has 1 atom stereocenters. The lowest BCUT2D eigenvalue weighted by atomic mass is 10.1. The van der Waals surface area contributed by atoms with Crippen LogP contribution in [0.4, 0.5) is 0 Å². The number of nitrogens with zero attached hydrogens (tertiary/aromatic N) is 2. The smallest absolute Gasteiger partial charge is 0.227 e. The number of rotatable bonds is 7. The molecule has 21 heavy (non-hydrogen) atoms. The van der Waals surface area contributed by atoms with Crippen molar-refractivity contribution in [3.8, 4) is 11.8 Å². The maximum atomic E-state index is 12.5. The van der Waals surface area contributed by atoms with Gasteiger partial charge in [-0.3, -0.25) is 4.79 Å². The van der Waals surface area contributed by atoms with E-state index in [1.807, 2.05) is 29.2 Å². The van der Waals surface area contributed by atoms with Crippen LogP contribution in [0.5, 0.6) is 5.75 Å². The molecule has 4 nitrogen and oxygen atoms in total. The van der Waals surface area contributed by atoms with Gasteiger partial charge in [0, 0.05) is 12.6 Å². The molecule has 0 N–H and O–H groups in total. The molecule has 1 aromatic carbocycles. The Bertz CT molecular complexity index is 515. The van der Waals surface area contributed by atoms with E-state index in [2.05, 4.69) is 13.0 Å². The molecule has 2 rings (SSSR count). The normalized spacial score (nSPS) is 15.1. The minimum absolute atomic E-state index is 0.106. The molecular formula is C17H22N2O2. The highest BCUT2D eigenvalue weighted by Gasteiger charge is 2.33. The topological polar surface area (TPSA) is 53.3 Å². The molecule has 112 valence electrons. The van der Waals surface area contributed by atoms with Gasteiger partial charge in [0.25, 0.3) is 0 Å². The first-order chi connectivity index (χ1) is 10.2. The van der Waals surface area contributed by atoms with Crippen LogP contribution in [0.15, 0.2) is 24.3 Å². The first kappa shape index (κ1) is 15.4. The van der Waals surface area contributed by atoms with E-state index in [9.17, 15) is 4.79 Å². The van der Waals surface area contributed by atoms with Crippen LogP contribution in [0.3, 0.4) is 0 Å². The van der Waals surface area contributed by atoms with Crippen LogP contribution in [0.25, 0.3) is 0 Å². The molecule has 0 radical (unpaired) electrons. The van der Waals surface area contributed by atoms with E-state index in [1.165, 1.54) is 12.8 Å². The highest BCUT2D eigenvalue weighted by Crippen LogP contribution is 2.35. The number of hydrogen-bond acceptors (Lipinski definition) is 3. The van der Waals surface area contributed by atoms with Crippen molar-refractivity contribution < 1.29 is 9.53 Å². The van der Waals surface area contributed by atoms with Gasteiger partial charge < -0.3 is 9.64 Å². The van der Waals surface area contributed by atoms with E-state index in [4.69, 9.17) is 10.00 Å². The van der Waals surface area contributed by atoms with Crippen LogP contribution >= 0.6 is 0 Å². The summed E-state index contributed by atoms with van der Waals surface area (Å²) in [7, 11) is 1.63. The Hall–Kier alpha value is -2.02. The highest BCUT2D eigenvalue weighted by molar-refractivity contribution is 5.79. The molecule has 1 amide bonds. The second kappa shape index (κ2) is 7.12. The Morgan fingerprint density at radius 3 is 2.62 bits per heavy atom. The summed E-state index contributed by atoms with van der Waals surface area (Å²) in [6.07, 6.45) is 3.16. The number of nitriles is 1. The van der Waals surface area contributed by atoms with Crippen LogP contribution in [0.2, 0.25) is 0 Å². The number of ether oxygens (including phenoxy) is 1. The third kappa shape index (κ3) is 4.22. The molecule has 1 saturated carbocycles. The number of amides is 1. The van der Waals surface area contributed by atoms with E-state index < -0.39 is 0 Å². The summed E-state index contributed by atoms with van der Waals surface area (Å²) in [6.45, 7) is 2.63. The summed E-state index contributed by atoms with van der Waals surface area (Å²) in [5.74, 6) is 1.51. The summed E-state index contributed by atoms with van der Waals surface area (Å²) in [6, 6.07) is 9.95. The van der Waals surface area contributed by atoms with E-state index in [1.54, 1.807) is 7.11 Å². The van der Waals surface area contributed by atoms with E-state index in [-0.39, 0.29) is 11.9 Å². The van der Waals surface area contributed by atoms with Crippen molar-refractivity contribution in [1.82, 2.24) is 4.90 Å². The zero-order valence-corrected chi connectivity index (χ0v) is 12.7. The Balaban J connectivity index is 2.00. The van der Waals surface area contributed by atoms with Crippen molar-refractivity contribution in [2.24, 2.45) is 5.92 Å². The lowest BCUT2D eigenvalue weighted by Crippen LogP contribution is -2.41. The van der Waals surface area contributed by atoms with Crippen LogP contribution in [0, 0.1) is 17.2 Å². The van der Waals surface area contributed by atoms with Gasteiger partial charge in [-0.2, -0.15) is 5.26 Å². The second-order valence-corrected chi connectivity index (χ2v) is 5.60.